The van der Waals surface area contributed by atoms with Crippen LogP contribution in [0, 0.1) is 0 Å². The van der Waals surface area contributed by atoms with Crippen molar-refractivity contribution >= 4 is 35.2 Å². The summed E-state index contributed by atoms with van der Waals surface area (Å²) in [5.41, 5.74) is 1.25. The first-order valence-electron chi connectivity index (χ1n) is 5.34. The van der Waals surface area contributed by atoms with E-state index in [2.05, 4.69) is 22.8 Å². The van der Waals surface area contributed by atoms with Crippen molar-refractivity contribution in [3.8, 4) is 0 Å². The molecular weight excluding hydrogens is 252 g/mol. The number of aromatic amines is 1. The topological polar surface area (TPSA) is 74.7 Å². The number of hydrogen-bond donors (Lipinski definition) is 3. The largest absolute Gasteiger partial charge is 0.476 e. The molecule has 2 rings (SSSR count). The molecule has 0 aliphatic rings. The lowest BCUT2D eigenvalue weighted by Crippen LogP contribution is -2.15. The molecule has 0 bridgehead atoms. The molecule has 0 amide bonds. The lowest BCUT2D eigenvalue weighted by atomic mass is 10.1. The third kappa shape index (κ3) is 2.48. The first-order valence-corrected chi connectivity index (χ1v) is 5.98. The number of fused-ring (bicyclic) bond motifs is 1. The normalized spacial score (nSPS) is 11.7. The highest BCUT2D eigenvalue weighted by Crippen LogP contribution is 2.18. The maximum Gasteiger partial charge on any atom is 0.358 e. The number of aliphatic carboxylic acids is 1. The second kappa shape index (κ2) is 5.59. The van der Waals surface area contributed by atoms with Gasteiger partial charge in [-0.3, -0.25) is 0 Å². The number of hydrogen-bond acceptors (Lipinski definition) is 4. The number of carboxylic acid groups (broad SMARTS) is 1. The summed E-state index contributed by atoms with van der Waals surface area (Å²) in [5.74, 6) is -0.650. The van der Waals surface area contributed by atoms with Gasteiger partial charge in [-0.1, -0.05) is 23.4 Å². The summed E-state index contributed by atoms with van der Waals surface area (Å²) in [6.45, 7) is 0.266. The van der Waals surface area contributed by atoms with E-state index in [1.807, 2.05) is 24.3 Å². The van der Waals surface area contributed by atoms with E-state index in [9.17, 15) is 4.79 Å². The van der Waals surface area contributed by atoms with Crippen LogP contribution in [0.1, 0.15) is 5.56 Å². The summed E-state index contributed by atoms with van der Waals surface area (Å²) < 4.78 is 0. The monoisotopic (exact) mass is 264 g/mol. The molecule has 0 unspecified atom stereocenters. The van der Waals surface area contributed by atoms with Crippen LogP contribution in [-0.4, -0.2) is 34.1 Å². The Hall–Kier alpha value is -1.95. The minimum absolute atomic E-state index is 0.116. The van der Waals surface area contributed by atoms with Crippen LogP contribution in [0.2, 0.25) is 0 Å². The van der Waals surface area contributed by atoms with E-state index in [0.29, 0.717) is 11.3 Å². The Morgan fingerprint density at radius 2 is 2.22 bits per heavy atom. The standard InChI is InChI=1S/C12H12N2O3S/c15-12(16)11(14-17-5-6-18)9-7-13-10-4-2-1-3-8(9)10/h1-4,7,13,18H,5-6H2,(H,15,16)/b14-11-. The van der Waals surface area contributed by atoms with Crippen molar-refractivity contribution in [1.29, 1.82) is 0 Å². The fourth-order valence-electron chi connectivity index (χ4n) is 1.62. The van der Waals surface area contributed by atoms with E-state index in [1.54, 1.807) is 6.20 Å². The van der Waals surface area contributed by atoms with E-state index in [4.69, 9.17) is 9.94 Å². The van der Waals surface area contributed by atoms with Crippen LogP contribution in [0.15, 0.2) is 35.6 Å². The first-order chi connectivity index (χ1) is 8.74. The maximum absolute atomic E-state index is 11.2. The molecule has 2 N–H and O–H groups in total. The molecular formula is C12H12N2O3S. The number of thiol groups is 1. The molecule has 0 spiro atoms. The Labute approximate surface area is 109 Å². The van der Waals surface area contributed by atoms with Crippen LogP contribution in [0.5, 0.6) is 0 Å². The Balaban J connectivity index is 2.42. The number of aromatic nitrogens is 1. The van der Waals surface area contributed by atoms with Crippen LogP contribution in [0.4, 0.5) is 0 Å². The number of para-hydroxylation sites is 1. The molecule has 18 heavy (non-hydrogen) atoms. The predicted octanol–water partition coefficient (Wildman–Crippen LogP) is 1.90. The molecule has 1 heterocycles. The number of rotatable bonds is 5. The lowest BCUT2D eigenvalue weighted by molar-refractivity contribution is -0.129. The first kappa shape index (κ1) is 12.5. The van der Waals surface area contributed by atoms with Crippen molar-refractivity contribution in [3.63, 3.8) is 0 Å². The molecule has 2 aromatic rings. The fourth-order valence-corrected chi connectivity index (χ4v) is 1.70. The van der Waals surface area contributed by atoms with Crippen molar-refractivity contribution in [2.45, 2.75) is 0 Å². The highest BCUT2D eigenvalue weighted by Gasteiger charge is 2.17. The van der Waals surface area contributed by atoms with Gasteiger partial charge in [0.15, 0.2) is 5.71 Å². The molecule has 6 heteroatoms. The third-order valence-electron chi connectivity index (χ3n) is 2.39. The van der Waals surface area contributed by atoms with Crippen LogP contribution in [0.3, 0.4) is 0 Å². The fraction of sp³-hybridized carbons (Fsp3) is 0.167. The van der Waals surface area contributed by atoms with Gasteiger partial charge in [-0.15, -0.1) is 0 Å². The number of H-pyrrole nitrogens is 1. The van der Waals surface area contributed by atoms with E-state index >= 15 is 0 Å². The zero-order valence-corrected chi connectivity index (χ0v) is 10.4. The van der Waals surface area contributed by atoms with Crippen LogP contribution >= 0.6 is 12.6 Å². The molecule has 0 atom stereocenters. The molecule has 0 radical (unpaired) electrons. The van der Waals surface area contributed by atoms with Gasteiger partial charge in [0.25, 0.3) is 0 Å². The molecule has 0 aliphatic heterocycles. The zero-order chi connectivity index (χ0) is 13.0. The molecule has 0 fully saturated rings. The van der Waals surface area contributed by atoms with Gasteiger partial charge in [0, 0.05) is 28.4 Å². The van der Waals surface area contributed by atoms with E-state index in [-0.39, 0.29) is 12.3 Å². The Morgan fingerprint density at radius 1 is 1.44 bits per heavy atom. The van der Waals surface area contributed by atoms with Gasteiger partial charge < -0.3 is 14.9 Å². The van der Waals surface area contributed by atoms with Gasteiger partial charge in [0.1, 0.15) is 6.61 Å². The van der Waals surface area contributed by atoms with Crippen molar-refractivity contribution < 1.29 is 14.7 Å². The van der Waals surface area contributed by atoms with Gasteiger partial charge in [-0.2, -0.15) is 12.6 Å². The minimum Gasteiger partial charge on any atom is -0.476 e. The van der Waals surface area contributed by atoms with E-state index in [1.165, 1.54) is 0 Å². The zero-order valence-electron chi connectivity index (χ0n) is 9.46. The summed E-state index contributed by atoms with van der Waals surface area (Å²) >= 11 is 3.96. The molecule has 0 saturated carbocycles. The quantitative estimate of drug-likeness (QED) is 0.334. The Morgan fingerprint density at radius 3 is 2.94 bits per heavy atom. The highest BCUT2D eigenvalue weighted by molar-refractivity contribution is 7.80. The van der Waals surface area contributed by atoms with E-state index < -0.39 is 5.97 Å². The van der Waals surface area contributed by atoms with Crippen molar-refractivity contribution in [2.75, 3.05) is 12.4 Å². The summed E-state index contributed by atoms with van der Waals surface area (Å²) in [7, 11) is 0. The molecule has 1 aromatic heterocycles. The van der Waals surface area contributed by atoms with Crippen molar-refractivity contribution in [1.82, 2.24) is 4.98 Å². The SMILES string of the molecule is O=C(O)/C(=N\OCCS)c1c[nH]c2ccccc12. The minimum atomic E-state index is -1.13. The molecule has 5 nitrogen and oxygen atoms in total. The number of nitrogens with one attached hydrogen (secondary N) is 1. The highest BCUT2D eigenvalue weighted by atomic mass is 32.1. The lowest BCUT2D eigenvalue weighted by Gasteiger charge is -2.00. The van der Waals surface area contributed by atoms with E-state index in [0.717, 1.165) is 10.9 Å². The van der Waals surface area contributed by atoms with Gasteiger partial charge in [-0.25, -0.2) is 4.79 Å². The smallest absolute Gasteiger partial charge is 0.358 e. The summed E-state index contributed by atoms with van der Waals surface area (Å²) in [5, 5.41) is 13.6. The van der Waals surface area contributed by atoms with Crippen molar-refractivity contribution in [3.05, 3.63) is 36.0 Å². The molecule has 0 saturated heterocycles. The number of carbonyl (C=O) groups is 1. The molecule has 94 valence electrons. The van der Waals surface area contributed by atoms with Gasteiger partial charge in [0.05, 0.1) is 0 Å². The van der Waals surface area contributed by atoms with Crippen LogP contribution in [-0.2, 0) is 9.63 Å². The Kier molecular flexibility index (Phi) is 3.88. The van der Waals surface area contributed by atoms with Crippen LogP contribution < -0.4 is 0 Å². The van der Waals surface area contributed by atoms with Crippen molar-refractivity contribution in [2.24, 2.45) is 5.16 Å². The van der Waals surface area contributed by atoms with Gasteiger partial charge >= 0.3 is 5.97 Å². The second-order valence-electron chi connectivity index (χ2n) is 3.55. The number of carboxylic acids is 1. The number of nitrogens with zero attached hydrogens (tertiary/aromatic N) is 1. The molecule has 1 aromatic carbocycles. The second-order valence-corrected chi connectivity index (χ2v) is 4.00. The summed E-state index contributed by atoms with van der Waals surface area (Å²) in [6.07, 6.45) is 1.61. The summed E-state index contributed by atoms with van der Waals surface area (Å²) in [4.78, 5) is 19.1. The van der Waals surface area contributed by atoms with Crippen LogP contribution in [0.25, 0.3) is 10.9 Å². The molecule has 0 aliphatic carbocycles. The average Bonchev–Trinajstić information content (AvgIpc) is 2.78. The predicted molar refractivity (Wildman–Crippen MR) is 72.3 cm³/mol. The maximum atomic E-state index is 11.2. The third-order valence-corrected chi connectivity index (χ3v) is 2.57. The average molecular weight is 264 g/mol. The number of oxime groups is 1. The Bertz CT molecular complexity index is 592. The van der Waals surface area contributed by atoms with Gasteiger partial charge in [-0.05, 0) is 6.07 Å². The summed E-state index contributed by atoms with van der Waals surface area (Å²) in [6, 6.07) is 7.41. The van der Waals surface area contributed by atoms with Gasteiger partial charge in [0.2, 0.25) is 0 Å². The number of benzene rings is 1.